The van der Waals surface area contributed by atoms with Gasteiger partial charge < -0.3 is 10.9 Å². The molecule has 0 amide bonds. The monoisotopic (exact) mass is 360 g/mol. The van der Waals surface area contributed by atoms with E-state index >= 15 is 0 Å². The maximum Gasteiger partial charge on any atom is 0.264 e. The van der Waals surface area contributed by atoms with Crippen molar-refractivity contribution in [3.05, 3.63) is 28.2 Å². The molecule has 0 heterocycles. The van der Waals surface area contributed by atoms with Crippen molar-refractivity contribution in [3.63, 3.8) is 0 Å². The Kier molecular flexibility index (Phi) is 7.15. The van der Waals surface area contributed by atoms with Crippen molar-refractivity contribution in [2.75, 3.05) is 5.43 Å². The summed E-state index contributed by atoms with van der Waals surface area (Å²) in [5.41, 5.74) is 3.10. The van der Waals surface area contributed by atoms with Crippen LogP contribution in [0.1, 0.15) is 25.7 Å². The van der Waals surface area contributed by atoms with Crippen LogP contribution in [0.5, 0.6) is 0 Å². The van der Waals surface area contributed by atoms with Crippen LogP contribution < -0.4 is 11.3 Å². The van der Waals surface area contributed by atoms with E-state index in [9.17, 15) is 14.4 Å². The zero-order chi connectivity index (χ0) is 16.3. The third-order valence-corrected chi connectivity index (χ3v) is 4.52. The van der Waals surface area contributed by atoms with Crippen molar-refractivity contribution in [1.29, 1.82) is 0 Å². The van der Waals surface area contributed by atoms with Gasteiger partial charge in [-0.15, -0.1) is 0 Å². The van der Waals surface area contributed by atoms with Crippen molar-refractivity contribution in [2.45, 2.75) is 25.7 Å². The standard InChI is InChI=1S/C9H10O3.C6H6Cl2N2.H2O/c10-7-5-3-1-2-4-6(5)8(11)9(7)12;7-4-1-2-6(10-9)5(8)3-4;/h5-6H,1-4H2;1-3,10H,9H2;1H2. The minimum atomic E-state index is -0.744. The van der Waals surface area contributed by atoms with Gasteiger partial charge in [0, 0.05) is 16.9 Å². The van der Waals surface area contributed by atoms with Crippen molar-refractivity contribution >= 4 is 46.2 Å². The fourth-order valence-corrected chi connectivity index (χ4v) is 3.29. The van der Waals surface area contributed by atoms with Gasteiger partial charge in [0.25, 0.3) is 5.78 Å². The highest BCUT2D eigenvalue weighted by Gasteiger charge is 2.48. The summed E-state index contributed by atoms with van der Waals surface area (Å²) in [7, 11) is 0. The maximum atomic E-state index is 11.2. The number of benzene rings is 1. The lowest BCUT2D eigenvalue weighted by molar-refractivity contribution is -0.141. The highest BCUT2D eigenvalue weighted by molar-refractivity contribution is 6.68. The average Bonchev–Trinajstić information content (AvgIpc) is 2.73. The smallest absolute Gasteiger partial charge is 0.264 e. The number of hydrogen-bond donors (Lipinski definition) is 2. The number of ketones is 3. The molecule has 1 aromatic rings. The van der Waals surface area contributed by atoms with Gasteiger partial charge in [-0.05, 0) is 31.0 Å². The van der Waals surface area contributed by atoms with Crippen LogP contribution in [0.3, 0.4) is 0 Å². The largest absolute Gasteiger partial charge is 0.412 e. The molecule has 2 aliphatic carbocycles. The van der Waals surface area contributed by atoms with Crippen LogP contribution in [0.2, 0.25) is 10.0 Å². The lowest BCUT2D eigenvalue weighted by atomic mass is 9.81. The Hall–Kier alpha value is -1.47. The van der Waals surface area contributed by atoms with Crippen LogP contribution in [0.15, 0.2) is 18.2 Å². The Morgan fingerprint density at radius 2 is 1.52 bits per heavy atom. The van der Waals surface area contributed by atoms with E-state index in [-0.39, 0.29) is 17.3 Å². The molecule has 0 radical (unpaired) electrons. The molecule has 0 aliphatic heterocycles. The summed E-state index contributed by atoms with van der Waals surface area (Å²) in [6.07, 6.45) is 3.43. The lowest BCUT2D eigenvalue weighted by Crippen LogP contribution is -2.21. The first-order valence-corrected chi connectivity index (χ1v) is 7.75. The number of anilines is 1. The van der Waals surface area contributed by atoms with Gasteiger partial charge in [-0.1, -0.05) is 36.0 Å². The van der Waals surface area contributed by atoms with Crippen LogP contribution in [0, 0.1) is 11.8 Å². The molecule has 5 N–H and O–H groups in total. The molecular weight excluding hydrogens is 343 g/mol. The third kappa shape index (κ3) is 4.29. The number of hydrogen-bond acceptors (Lipinski definition) is 5. The third-order valence-electron chi connectivity index (χ3n) is 3.97. The van der Waals surface area contributed by atoms with Crippen molar-refractivity contribution in [2.24, 2.45) is 17.7 Å². The van der Waals surface area contributed by atoms with E-state index in [2.05, 4.69) is 5.43 Å². The molecular formula is C15H18Cl2N2O4. The number of nitrogen functional groups attached to an aromatic ring is 1. The normalized spacial score (nSPS) is 22.7. The summed E-state index contributed by atoms with van der Waals surface area (Å²) in [5, 5.41) is 1.12. The Morgan fingerprint density at radius 3 is 1.96 bits per heavy atom. The Labute approximate surface area is 143 Å². The fourth-order valence-electron chi connectivity index (χ4n) is 2.82. The molecule has 126 valence electrons. The number of hydrazine groups is 1. The van der Waals surface area contributed by atoms with Crippen LogP contribution >= 0.6 is 23.2 Å². The number of nitrogens with one attached hydrogen (secondary N) is 1. The summed E-state index contributed by atoms with van der Waals surface area (Å²) in [6, 6.07) is 5.05. The van der Waals surface area contributed by atoms with E-state index in [0.29, 0.717) is 15.7 Å². The zero-order valence-electron chi connectivity index (χ0n) is 12.3. The number of nitrogens with two attached hydrogens (primary N) is 1. The van der Waals surface area contributed by atoms with Crippen LogP contribution in [-0.2, 0) is 14.4 Å². The number of carbonyl (C=O) groups excluding carboxylic acids is 3. The number of Topliss-reactive ketones (excluding diaryl/α,β-unsaturated/α-hetero) is 3. The summed E-state index contributed by atoms with van der Waals surface area (Å²) in [5.74, 6) is 3.02. The summed E-state index contributed by atoms with van der Waals surface area (Å²) >= 11 is 11.3. The van der Waals surface area contributed by atoms with Crippen LogP contribution in [0.25, 0.3) is 0 Å². The molecule has 1 aromatic carbocycles. The Morgan fingerprint density at radius 1 is 1.00 bits per heavy atom. The van der Waals surface area contributed by atoms with Gasteiger partial charge in [-0.3, -0.25) is 20.2 Å². The first-order valence-electron chi connectivity index (χ1n) is 6.99. The molecule has 8 heteroatoms. The van der Waals surface area contributed by atoms with Crippen LogP contribution in [-0.4, -0.2) is 22.8 Å². The predicted octanol–water partition coefficient (Wildman–Crippen LogP) is 1.97. The fraction of sp³-hybridized carbons (Fsp3) is 0.400. The van der Waals surface area contributed by atoms with E-state index in [1.54, 1.807) is 18.2 Å². The second-order valence-electron chi connectivity index (χ2n) is 5.32. The maximum absolute atomic E-state index is 11.2. The minimum absolute atomic E-state index is 0. The lowest BCUT2D eigenvalue weighted by Gasteiger charge is -2.20. The first kappa shape index (κ1) is 19.6. The van der Waals surface area contributed by atoms with Gasteiger partial charge in [0.15, 0.2) is 0 Å². The van der Waals surface area contributed by atoms with Gasteiger partial charge in [0.05, 0.1) is 10.7 Å². The molecule has 0 spiro atoms. The number of carbonyl (C=O) groups is 3. The second-order valence-corrected chi connectivity index (χ2v) is 6.17. The molecule has 2 aliphatic rings. The zero-order valence-corrected chi connectivity index (χ0v) is 13.8. The number of rotatable bonds is 1. The molecule has 2 saturated carbocycles. The van der Waals surface area contributed by atoms with E-state index in [1.807, 2.05) is 0 Å². The van der Waals surface area contributed by atoms with Gasteiger partial charge in [0.1, 0.15) is 0 Å². The quantitative estimate of drug-likeness (QED) is 0.450. The van der Waals surface area contributed by atoms with E-state index < -0.39 is 17.3 Å². The Balaban J connectivity index is 0.000000224. The molecule has 3 rings (SSSR count). The Bertz CT molecular complexity index is 595. The van der Waals surface area contributed by atoms with E-state index in [4.69, 9.17) is 29.0 Å². The summed E-state index contributed by atoms with van der Waals surface area (Å²) in [4.78, 5) is 33.3. The molecule has 23 heavy (non-hydrogen) atoms. The highest BCUT2D eigenvalue weighted by atomic mass is 35.5. The van der Waals surface area contributed by atoms with Crippen LogP contribution in [0.4, 0.5) is 5.69 Å². The molecule has 2 unspecified atom stereocenters. The average molecular weight is 361 g/mol. The van der Waals surface area contributed by atoms with Gasteiger partial charge in [-0.25, -0.2) is 0 Å². The number of fused-ring (bicyclic) bond motifs is 1. The molecule has 2 atom stereocenters. The molecule has 0 bridgehead atoms. The van der Waals surface area contributed by atoms with Gasteiger partial charge in [0.2, 0.25) is 11.6 Å². The summed E-state index contributed by atoms with van der Waals surface area (Å²) in [6.45, 7) is 0. The van der Waals surface area contributed by atoms with Crippen molar-refractivity contribution < 1.29 is 19.9 Å². The van der Waals surface area contributed by atoms with Gasteiger partial charge >= 0.3 is 0 Å². The second kappa shape index (κ2) is 8.40. The van der Waals surface area contributed by atoms with E-state index in [0.717, 1.165) is 25.7 Å². The highest BCUT2D eigenvalue weighted by Crippen LogP contribution is 2.36. The van der Waals surface area contributed by atoms with E-state index in [1.165, 1.54) is 0 Å². The predicted molar refractivity (Wildman–Crippen MR) is 88.4 cm³/mol. The van der Waals surface area contributed by atoms with Crippen molar-refractivity contribution in [1.82, 2.24) is 0 Å². The summed E-state index contributed by atoms with van der Waals surface area (Å²) < 4.78 is 0. The first-order chi connectivity index (χ1) is 10.5. The molecule has 0 saturated heterocycles. The number of halogens is 2. The molecule has 2 fully saturated rings. The topological polar surface area (TPSA) is 121 Å². The molecule has 6 nitrogen and oxygen atoms in total. The molecule has 0 aromatic heterocycles. The minimum Gasteiger partial charge on any atom is -0.412 e. The SMILES string of the molecule is NNc1ccc(Cl)cc1Cl.O.O=C1C(=O)C2CCCCC2C1=O. The van der Waals surface area contributed by atoms with Crippen molar-refractivity contribution in [3.8, 4) is 0 Å². The van der Waals surface area contributed by atoms with Gasteiger partial charge in [-0.2, -0.15) is 0 Å².